The van der Waals surface area contributed by atoms with E-state index in [4.69, 9.17) is 14.2 Å². The van der Waals surface area contributed by atoms with Crippen LogP contribution in [0.3, 0.4) is 0 Å². The van der Waals surface area contributed by atoms with Crippen LogP contribution in [-0.2, 0) is 28.6 Å². The van der Waals surface area contributed by atoms with Crippen LogP contribution in [-0.4, -0.2) is 37.2 Å². The van der Waals surface area contributed by atoms with Crippen molar-refractivity contribution in [1.82, 2.24) is 0 Å². The molecule has 0 aromatic carbocycles. The standard InChI is InChI=1S/C65H120O6/c1-4-7-10-13-16-18-20-22-24-26-27-28-29-30-31-32-33-34-35-36-37-38-39-40-42-43-45-47-49-52-55-58-64(67)70-61-62(60-69-63(66)57-54-51-15-12-9-6-3)71-65(68)59-56-53-50-48-46-44-41-25-23-21-19-17-14-11-8-5-2/h19,21,25-27,41,62H,4-18,20,22-24,28-40,42-61H2,1-3H3/b21-19-,27-26-,41-25-. The van der Waals surface area contributed by atoms with Crippen molar-refractivity contribution in [2.24, 2.45) is 0 Å². The first-order valence-electron chi connectivity index (χ1n) is 31.5. The van der Waals surface area contributed by atoms with Crippen molar-refractivity contribution in [1.29, 1.82) is 0 Å². The van der Waals surface area contributed by atoms with E-state index in [-0.39, 0.29) is 31.1 Å². The summed E-state index contributed by atoms with van der Waals surface area (Å²) in [7, 11) is 0. The number of esters is 3. The van der Waals surface area contributed by atoms with Gasteiger partial charge >= 0.3 is 17.9 Å². The first-order valence-corrected chi connectivity index (χ1v) is 31.5. The van der Waals surface area contributed by atoms with Gasteiger partial charge in [-0.3, -0.25) is 14.4 Å². The Balaban J connectivity index is 3.97. The highest BCUT2D eigenvalue weighted by atomic mass is 16.6. The van der Waals surface area contributed by atoms with E-state index in [1.807, 2.05) is 0 Å². The number of carbonyl (C=O) groups excluding carboxylic acids is 3. The molecule has 0 saturated carbocycles. The van der Waals surface area contributed by atoms with Crippen LogP contribution in [0.15, 0.2) is 36.5 Å². The molecule has 6 heteroatoms. The molecule has 0 amide bonds. The molecule has 0 aromatic rings. The minimum atomic E-state index is -0.774. The van der Waals surface area contributed by atoms with E-state index < -0.39 is 6.10 Å². The van der Waals surface area contributed by atoms with Gasteiger partial charge in [0.25, 0.3) is 0 Å². The molecule has 0 aliphatic carbocycles. The molecule has 0 N–H and O–H groups in total. The zero-order chi connectivity index (χ0) is 51.4. The van der Waals surface area contributed by atoms with E-state index in [9.17, 15) is 14.4 Å². The SMILES string of the molecule is CCCCCC/C=C\C/C=C\CCCCCCCC(=O)OC(COC(=O)CCCCCCCC)COC(=O)CCCCCCCCCCCCCCCCCCCCC/C=C\CCCCCCCCCC. The van der Waals surface area contributed by atoms with E-state index >= 15 is 0 Å². The highest BCUT2D eigenvalue weighted by Crippen LogP contribution is 2.17. The third-order valence-electron chi connectivity index (χ3n) is 14.1. The van der Waals surface area contributed by atoms with Crippen molar-refractivity contribution in [2.75, 3.05) is 13.2 Å². The molecule has 1 atom stereocenters. The van der Waals surface area contributed by atoms with Gasteiger partial charge in [-0.15, -0.1) is 0 Å². The highest BCUT2D eigenvalue weighted by molar-refractivity contribution is 5.71. The van der Waals surface area contributed by atoms with Crippen molar-refractivity contribution in [3.8, 4) is 0 Å². The van der Waals surface area contributed by atoms with Crippen molar-refractivity contribution < 1.29 is 28.6 Å². The van der Waals surface area contributed by atoms with Crippen LogP contribution >= 0.6 is 0 Å². The molecule has 0 saturated heterocycles. The lowest BCUT2D eigenvalue weighted by atomic mass is 10.0. The van der Waals surface area contributed by atoms with Gasteiger partial charge in [-0.2, -0.15) is 0 Å². The van der Waals surface area contributed by atoms with Gasteiger partial charge in [0, 0.05) is 19.3 Å². The van der Waals surface area contributed by atoms with Crippen LogP contribution in [0.5, 0.6) is 0 Å². The van der Waals surface area contributed by atoms with E-state index in [2.05, 4.69) is 57.2 Å². The maximum Gasteiger partial charge on any atom is 0.306 e. The second-order valence-corrected chi connectivity index (χ2v) is 21.3. The van der Waals surface area contributed by atoms with E-state index in [1.54, 1.807) is 0 Å². The molecular formula is C65H120O6. The van der Waals surface area contributed by atoms with Crippen molar-refractivity contribution in [3.05, 3.63) is 36.5 Å². The topological polar surface area (TPSA) is 78.9 Å². The Bertz CT molecular complexity index is 1190. The zero-order valence-corrected chi connectivity index (χ0v) is 47.8. The minimum Gasteiger partial charge on any atom is -0.462 e. The summed E-state index contributed by atoms with van der Waals surface area (Å²) < 4.78 is 16.8. The van der Waals surface area contributed by atoms with Crippen LogP contribution in [0, 0.1) is 0 Å². The van der Waals surface area contributed by atoms with Crippen LogP contribution in [0.1, 0.15) is 342 Å². The molecule has 6 nitrogen and oxygen atoms in total. The summed E-state index contributed by atoms with van der Waals surface area (Å²) in [6, 6.07) is 0. The van der Waals surface area contributed by atoms with Crippen molar-refractivity contribution in [2.45, 2.75) is 348 Å². The molecule has 0 radical (unpaired) electrons. The summed E-state index contributed by atoms with van der Waals surface area (Å²) in [5.41, 5.74) is 0. The van der Waals surface area contributed by atoms with Crippen molar-refractivity contribution in [3.63, 3.8) is 0 Å². The smallest absolute Gasteiger partial charge is 0.306 e. The summed E-state index contributed by atoms with van der Waals surface area (Å²) >= 11 is 0. The molecule has 0 rings (SSSR count). The average molecular weight is 998 g/mol. The molecule has 0 fully saturated rings. The van der Waals surface area contributed by atoms with Crippen molar-refractivity contribution >= 4 is 17.9 Å². The molecular weight excluding hydrogens is 877 g/mol. The lowest BCUT2D eigenvalue weighted by Gasteiger charge is -2.18. The van der Waals surface area contributed by atoms with Gasteiger partial charge < -0.3 is 14.2 Å². The molecule has 0 aliphatic rings. The summed E-state index contributed by atoms with van der Waals surface area (Å²) in [6.07, 6.45) is 73.5. The Kier molecular flexibility index (Phi) is 58.2. The Morgan fingerprint density at radius 3 is 0.803 bits per heavy atom. The Hall–Kier alpha value is -2.37. The van der Waals surface area contributed by atoms with Gasteiger partial charge in [-0.25, -0.2) is 0 Å². The Labute approximate surface area is 442 Å². The van der Waals surface area contributed by atoms with Gasteiger partial charge in [-0.05, 0) is 77.0 Å². The fraction of sp³-hybridized carbons (Fsp3) is 0.862. The van der Waals surface area contributed by atoms with E-state index in [0.29, 0.717) is 19.3 Å². The third kappa shape index (κ3) is 58.4. The number of hydrogen-bond donors (Lipinski definition) is 0. The number of ether oxygens (including phenoxy) is 3. The van der Waals surface area contributed by atoms with Crippen LogP contribution in [0.25, 0.3) is 0 Å². The number of carbonyl (C=O) groups is 3. The number of allylic oxidation sites excluding steroid dienone is 6. The maximum atomic E-state index is 12.8. The number of rotatable bonds is 58. The fourth-order valence-electron chi connectivity index (χ4n) is 9.35. The third-order valence-corrected chi connectivity index (χ3v) is 14.1. The fourth-order valence-corrected chi connectivity index (χ4v) is 9.35. The second-order valence-electron chi connectivity index (χ2n) is 21.3. The molecule has 0 bridgehead atoms. The molecule has 1 unspecified atom stereocenters. The Morgan fingerprint density at radius 2 is 0.507 bits per heavy atom. The average Bonchev–Trinajstić information content (AvgIpc) is 3.37. The minimum absolute atomic E-state index is 0.0742. The molecule has 0 heterocycles. The summed E-state index contributed by atoms with van der Waals surface area (Å²) in [5, 5.41) is 0. The van der Waals surface area contributed by atoms with Crippen LogP contribution in [0.2, 0.25) is 0 Å². The summed E-state index contributed by atoms with van der Waals surface area (Å²) in [4.78, 5) is 37.9. The van der Waals surface area contributed by atoms with Gasteiger partial charge in [0.15, 0.2) is 6.10 Å². The van der Waals surface area contributed by atoms with Crippen LogP contribution < -0.4 is 0 Å². The predicted molar refractivity (Wildman–Crippen MR) is 307 cm³/mol. The molecule has 71 heavy (non-hydrogen) atoms. The lowest BCUT2D eigenvalue weighted by molar-refractivity contribution is -0.167. The lowest BCUT2D eigenvalue weighted by Crippen LogP contribution is -2.30. The summed E-state index contributed by atoms with van der Waals surface area (Å²) in [5.74, 6) is -0.881. The largest absolute Gasteiger partial charge is 0.462 e. The van der Waals surface area contributed by atoms with Gasteiger partial charge in [0.05, 0.1) is 0 Å². The molecule has 416 valence electrons. The molecule has 0 aliphatic heterocycles. The van der Waals surface area contributed by atoms with Gasteiger partial charge in [0.2, 0.25) is 0 Å². The first-order chi connectivity index (χ1) is 35.0. The second kappa shape index (κ2) is 60.2. The van der Waals surface area contributed by atoms with E-state index in [1.165, 1.54) is 218 Å². The monoisotopic (exact) mass is 997 g/mol. The molecule has 0 aromatic heterocycles. The predicted octanol–water partition coefficient (Wildman–Crippen LogP) is 21.2. The van der Waals surface area contributed by atoms with Gasteiger partial charge in [-0.1, -0.05) is 282 Å². The highest BCUT2D eigenvalue weighted by Gasteiger charge is 2.19. The Morgan fingerprint density at radius 1 is 0.282 bits per heavy atom. The first kappa shape index (κ1) is 68.6. The number of unbranched alkanes of at least 4 members (excludes halogenated alkanes) is 41. The summed E-state index contributed by atoms with van der Waals surface area (Å²) in [6.45, 7) is 6.59. The molecule has 0 spiro atoms. The maximum absolute atomic E-state index is 12.8. The van der Waals surface area contributed by atoms with Crippen LogP contribution in [0.4, 0.5) is 0 Å². The van der Waals surface area contributed by atoms with Gasteiger partial charge in [0.1, 0.15) is 13.2 Å². The quantitative estimate of drug-likeness (QED) is 0.0261. The van der Waals surface area contributed by atoms with E-state index in [0.717, 1.165) is 83.5 Å². The number of hydrogen-bond acceptors (Lipinski definition) is 6. The normalized spacial score (nSPS) is 12.2. The zero-order valence-electron chi connectivity index (χ0n) is 47.8.